The van der Waals surface area contributed by atoms with E-state index in [9.17, 15) is 8.42 Å². The Hall–Kier alpha value is -1.42. The van der Waals surface area contributed by atoms with Crippen molar-refractivity contribution < 1.29 is 13.2 Å². The van der Waals surface area contributed by atoms with Crippen molar-refractivity contribution in [3.63, 3.8) is 0 Å². The number of hydrogen-bond acceptors (Lipinski definition) is 5. The fourth-order valence-corrected chi connectivity index (χ4v) is 3.24. The summed E-state index contributed by atoms with van der Waals surface area (Å²) >= 11 is 0. The lowest BCUT2D eigenvalue weighted by Gasteiger charge is -2.22. The molecule has 1 aromatic rings. The molecule has 0 bridgehead atoms. The van der Waals surface area contributed by atoms with Crippen LogP contribution in [0.25, 0.3) is 0 Å². The van der Waals surface area contributed by atoms with Crippen molar-refractivity contribution in [3.8, 4) is 6.07 Å². The lowest BCUT2D eigenvalue weighted by molar-refractivity contribution is 0.0468. The molecular weight excluding hydrogens is 276 g/mol. The molecule has 0 radical (unpaired) electrons. The molecule has 1 saturated heterocycles. The van der Waals surface area contributed by atoms with Crippen molar-refractivity contribution in [2.75, 3.05) is 25.4 Å². The topological polar surface area (TPSA) is 79.2 Å². The first kappa shape index (κ1) is 15.0. The van der Waals surface area contributed by atoms with E-state index in [2.05, 4.69) is 5.32 Å². The SMILES string of the molecule is N#Cc1ccc(S(=O)(=O)CCOC2CCCNC2)cc1. The molecule has 5 nitrogen and oxygen atoms in total. The molecule has 1 heterocycles. The average molecular weight is 294 g/mol. The van der Waals surface area contributed by atoms with Gasteiger partial charge in [-0.2, -0.15) is 5.26 Å². The van der Waals surface area contributed by atoms with E-state index in [-0.39, 0.29) is 23.4 Å². The molecule has 6 heteroatoms. The Bertz CT molecular complexity index is 569. The van der Waals surface area contributed by atoms with Crippen molar-refractivity contribution in [1.29, 1.82) is 5.26 Å². The van der Waals surface area contributed by atoms with Crippen LogP contribution >= 0.6 is 0 Å². The van der Waals surface area contributed by atoms with Crippen LogP contribution in [0.15, 0.2) is 29.2 Å². The summed E-state index contributed by atoms with van der Waals surface area (Å²) in [5, 5.41) is 11.9. The second-order valence-electron chi connectivity index (χ2n) is 4.79. The van der Waals surface area contributed by atoms with Gasteiger partial charge in [0.1, 0.15) is 0 Å². The van der Waals surface area contributed by atoms with Crippen molar-refractivity contribution >= 4 is 9.84 Å². The van der Waals surface area contributed by atoms with Crippen molar-refractivity contribution in [3.05, 3.63) is 29.8 Å². The minimum absolute atomic E-state index is 0.0323. The Morgan fingerprint density at radius 3 is 2.70 bits per heavy atom. The van der Waals surface area contributed by atoms with Crippen LogP contribution in [-0.2, 0) is 14.6 Å². The maximum Gasteiger partial charge on any atom is 0.180 e. The molecule has 20 heavy (non-hydrogen) atoms. The van der Waals surface area contributed by atoms with Crippen LogP contribution in [0.2, 0.25) is 0 Å². The number of hydrogen-bond donors (Lipinski definition) is 1. The van der Waals surface area contributed by atoms with Gasteiger partial charge in [0.2, 0.25) is 0 Å². The van der Waals surface area contributed by atoms with Crippen LogP contribution in [0.1, 0.15) is 18.4 Å². The molecule has 0 amide bonds. The van der Waals surface area contributed by atoms with Crippen LogP contribution in [0.5, 0.6) is 0 Å². The van der Waals surface area contributed by atoms with E-state index in [1.54, 1.807) is 0 Å². The zero-order valence-electron chi connectivity index (χ0n) is 11.2. The minimum Gasteiger partial charge on any atom is -0.376 e. The van der Waals surface area contributed by atoms with Crippen LogP contribution in [-0.4, -0.2) is 40.0 Å². The first-order valence-corrected chi connectivity index (χ1v) is 8.32. The molecule has 1 aliphatic heterocycles. The summed E-state index contributed by atoms with van der Waals surface area (Å²) in [7, 11) is -3.34. The monoisotopic (exact) mass is 294 g/mol. The van der Waals surface area contributed by atoms with E-state index < -0.39 is 9.84 Å². The van der Waals surface area contributed by atoms with Gasteiger partial charge in [-0.3, -0.25) is 0 Å². The third-order valence-corrected chi connectivity index (χ3v) is 4.99. The highest BCUT2D eigenvalue weighted by molar-refractivity contribution is 7.91. The molecule has 0 aliphatic carbocycles. The maximum atomic E-state index is 12.1. The molecule has 108 valence electrons. The summed E-state index contributed by atoms with van der Waals surface area (Å²) in [4.78, 5) is 0.238. The van der Waals surface area contributed by atoms with Gasteiger partial charge >= 0.3 is 0 Å². The Kier molecular flexibility index (Phi) is 5.12. The smallest absolute Gasteiger partial charge is 0.180 e. The van der Waals surface area contributed by atoms with E-state index in [0.29, 0.717) is 5.56 Å². The van der Waals surface area contributed by atoms with Crippen LogP contribution in [0.3, 0.4) is 0 Å². The molecule has 1 aromatic carbocycles. The first-order chi connectivity index (χ1) is 9.62. The van der Waals surface area contributed by atoms with Gasteiger partial charge in [-0.15, -0.1) is 0 Å². The van der Waals surface area contributed by atoms with E-state index in [0.717, 1.165) is 25.9 Å². The van der Waals surface area contributed by atoms with Crippen LogP contribution in [0.4, 0.5) is 0 Å². The summed E-state index contributed by atoms with van der Waals surface area (Å²) in [6.07, 6.45) is 2.15. The first-order valence-electron chi connectivity index (χ1n) is 6.67. The number of piperidine rings is 1. The number of sulfone groups is 1. The van der Waals surface area contributed by atoms with Gasteiger partial charge in [-0.25, -0.2) is 8.42 Å². The van der Waals surface area contributed by atoms with Gasteiger partial charge in [0, 0.05) is 6.54 Å². The fourth-order valence-electron chi connectivity index (χ4n) is 2.14. The number of nitriles is 1. The summed E-state index contributed by atoms with van der Waals surface area (Å²) in [5.41, 5.74) is 0.452. The standard InChI is InChI=1S/C14H18N2O3S/c15-10-12-3-5-14(6-4-12)20(17,18)9-8-19-13-2-1-7-16-11-13/h3-6,13,16H,1-2,7-9,11H2. The second-order valence-corrected chi connectivity index (χ2v) is 6.90. The number of benzene rings is 1. The molecule has 0 aromatic heterocycles. The summed E-state index contributed by atoms with van der Waals surface area (Å²) in [5.74, 6) is -0.0323. The Morgan fingerprint density at radius 2 is 2.10 bits per heavy atom. The number of nitrogens with one attached hydrogen (secondary N) is 1. The third-order valence-electron chi connectivity index (χ3n) is 3.30. The molecule has 1 unspecified atom stereocenters. The Morgan fingerprint density at radius 1 is 1.35 bits per heavy atom. The van der Waals surface area contributed by atoms with Crippen molar-refractivity contribution in [2.45, 2.75) is 23.8 Å². The highest BCUT2D eigenvalue weighted by atomic mass is 32.2. The normalized spacial score (nSPS) is 19.4. The maximum absolute atomic E-state index is 12.1. The molecule has 1 fully saturated rings. The molecule has 0 spiro atoms. The molecule has 1 aliphatic rings. The Balaban J connectivity index is 1.88. The second kappa shape index (κ2) is 6.84. The van der Waals surface area contributed by atoms with Gasteiger partial charge in [0.05, 0.1) is 35.0 Å². The molecule has 1 N–H and O–H groups in total. The van der Waals surface area contributed by atoms with Gasteiger partial charge < -0.3 is 10.1 Å². The number of nitrogens with zero attached hydrogens (tertiary/aromatic N) is 1. The minimum atomic E-state index is -3.34. The van der Waals surface area contributed by atoms with E-state index in [4.69, 9.17) is 10.00 Å². The highest BCUT2D eigenvalue weighted by Gasteiger charge is 2.17. The predicted octanol–water partition coefficient (Wildman–Crippen LogP) is 1.10. The average Bonchev–Trinajstić information content (AvgIpc) is 2.48. The predicted molar refractivity (Wildman–Crippen MR) is 75.1 cm³/mol. The van der Waals surface area contributed by atoms with Crippen molar-refractivity contribution in [1.82, 2.24) is 5.32 Å². The molecule has 0 saturated carbocycles. The van der Waals surface area contributed by atoms with Crippen LogP contribution < -0.4 is 5.32 Å². The van der Waals surface area contributed by atoms with E-state index in [1.807, 2.05) is 6.07 Å². The quantitative estimate of drug-likeness (QED) is 0.879. The zero-order valence-corrected chi connectivity index (χ0v) is 12.0. The number of rotatable bonds is 5. The largest absolute Gasteiger partial charge is 0.376 e. The van der Waals surface area contributed by atoms with E-state index in [1.165, 1.54) is 24.3 Å². The van der Waals surface area contributed by atoms with Crippen molar-refractivity contribution in [2.24, 2.45) is 0 Å². The third kappa shape index (κ3) is 4.04. The Labute approximate surface area is 119 Å². The summed E-state index contributed by atoms with van der Waals surface area (Å²) in [6, 6.07) is 7.93. The highest BCUT2D eigenvalue weighted by Crippen LogP contribution is 2.13. The molecular formula is C14H18N2O3S. The van der Waals surface area contributed by atoms with E-state index >= 15 is 0 Å². The lowest BCUT2D eigenvalue weighted by Crippen LogP contribution is -2.36. The van der Waals surface area contributed by atoms with Gasteiger partial charge in [0.25, 0.3) is 0 Å². The zero-order chi connectivity index (χ0) is 14.4. The molecule has 1 atom stereocenters. The van der Waals surface area contributed by atoms with Crippen LogP contribution in [0, 0.1) is 11.3 Å². The summed E-state index contributed by atoms with van der Waals surface area (Å²) < 4.78 is 29.8. The fraction of sp³-hybridized carbons (Fsp3) is 0.500. The number of ether oxygens (including phenoxy) is 1. The lowest BCUT2D eigenvalue weighted by atomic mass is 10.1. The molecule has 2 rings (SSSR count). The van der Waals surface area contributed by atoms with Gasteiger partial charge in [0.15, 0.2) is 9.84 Å². The van der Waals surface area contributed by atoms with Gasteiger partial charge in [-0.1, -0.05) is 0 Å². The van der Waals surface area contributed by atoms with Gasteiger partial charge in [-0.05, 0) is 43.7 Å². The summed E-state index contributed by atoms with van der Waals surface area (Å²) in [6.45, 7) is 2.00.